The zero-order valence-electron chi connectivity index (χ0n) is 13.7. The van der Waals surface area contributed by atoms with Gasteiger partial charge in [0.25, 0.3) is 0 Å². The highest BCUT2D eigenvalue weighted by Crippen LogP contribution is 2.31. The van der Waals surface area contributed by atoms with E-state index in [2.05, 4.69) is 35.8 Å². The number of aromatic nitrogens is 2. The molecule has 2 aromatic heterocycles. The van der Waals surface area contributed by atoms with Gasteiger partial charge in [0.15, 0.2) is 5.16 Å². The van der Waals surface area contributed by atoms with Crippen LogP contribution in [0, 0.1) is 0 Å². The van der Waals surface area contributed by atoms with Gasteiger partial charge in [-0.15, -0.1) is 11.3 Å². The summed E-state index contributed by atoms with van der Waals surface area (Å²) in [6, 6.07) is 10.5. The number of thioether (sulfide) groups is 1. The minimum absolute atomic E-state index is 0.174. The maximum atomic E-state index is 12.8. The van der Waals surface area contributed by atoms with E-state index in [-0.39, 0.29) is 5.43 Å². The van der Waals surface area contributed by atoms with Crippen LogP contribution in [0.25, 0.3) is 10.3 Å². The molecule has 0 unspecified atom stereocenters. The SMILES string of the molecule is CCSc1nc2c(=O)c3c(sc2n1CCc1ccccc1)CCC3. The fourth-order valence-electron chi connectivity index (χ4n) is 3.32. The van der Waals surface area contributed by atoms with Crippen LogP contribution in [-0.4, -0.2) is 15.3 Å². The molecule has 0 aliphatic heterocycles. The van der Waals surface area contributed by atoms with E-state index in [1.807, 2.05) is 6.07 Å². The van der Waals surface area contributed by atoms with Crippen LogP contribution < -0.4 is 5.43 Å². The lowest BCUT2D eigenvalue weighted by molar-refractivity contribution is 0.655. The topological polar surface area (TPSA) is 34.9 Å². The Morgan fingerprint density at radius 1 is 1.25 bits per heavy atom. The molecule has 0 bridgehead atoms. The molecule has 124 valence electrons. The van der Waals surface area contributed by atoms with E-state index in [0.29, 0.717) is 5.52 Å². The van der Waals surface area contributed by atoms with Gasteiger partial charge in [0.2, 0.25) is 5.43 Å². The highest BCUT2D eigenvalue weighted by Gasteiger charge is 2.22. The van der Waals surface area contributed by atoms with Crippen molar-refractivity contribution in [3.8, 4) is 0 Å². The standard InChI is InChI=1S/C19H20N2OS2/c1-2-23-19-20-16-17(22)14-9-6-10-15(14)24-18(16)21(19)12-11-13-7-4-3-5-8-13/h3-5,7-8H,2,6,9-12H2,1H3. The molecule has 0 N–H and O–H groups in total. The van der Waals surface area contributed by atoms with Crippen molar-refractivity contribution in [2.75, 3.05) is 5.75 Å². The van der Waals surface area contributed by atoms with Gasteiger partial charge in [-0.05, 0) is 37.0 Å². The van der Waals surface area contributed by atoms with E-state index in [9.17, 15) is 4.79 Å². The normalized spacial score (nSPS) is 13.5. The number of benzene rings is 1. The molecular weight excluding hydrogens is 336 g/mol. The minimum atomic E-state index is 0.174. The minimum Gasteiger partial charge on any atom is -0.310 e. The Balaban J connectivity index is 1.78. The lowest BCUT2D eigenvalue weighted by Crippen LogP contribution is -2.08. The third-order valence-electron chi connectivity index (χ3n) is 4.50. The van der Waals surface area contributed by atoms with Crippen LogP contribution in [0.3, 0.4) is 0 Å². The number of rotatable bonds is 5. The Hall–Kier alpha value is -1.59. The van der Waals surface area contributed by atoms with Crippen molar-refractivity contribution in [2.45, 2.75) is 44.3 Å². The van der Waals surface area contributed by atoms with Crippen molar-refractivity contribution in [1.82, 2.24) is 9.55 Å². The molecule has 0 fully saturated rings. The van der Waals surface area contributed by atoms with Crippen molar-refractivity contribution in [3.63, 3.8) is 0 Å². The first kappa shape index (κ1) is 15.9. The summed E-state index contributed by atoms with van der Waals surface area (Å²) in [5.41, 5.74) is 3.20. The van der Waals surface area contributed by atoms with Crippen LogP contribution in [0.15, 0.2) is 40.3 Å². The first-order valence-electron chi connectivity index (χ1n) is 8.49. The first-order valence-corrected chi connectivity index (χ1v) is 10.3. The quantitative estimate of drug-likeness (QED) is 0.639. The average Bonchev–Trinajstić information content (AvgIpc) is 3.20. The number of nitrogens with zero attached hydrogens (tertiary/aromatic N) is 2. The van der Waals surface area contributed by atoms with Crippen LogP contribution in [0.5, 0.6) is 0 Å². The van der Waals surface area contributed by atoms with Crippen LogP contribution in [0.4, 0.5) is 0 Å². The molecule has 5 heteroatoms. The highest BCUT2D eigenvalue weighted by molar-refractivity contribution is 7.99. The van der Waals surface area contributed by atoms with Crippen molar-refractivity contribution >= 4 is 33.4 Å². The molecule has 4 rings (SSSR count). The molecule has 0 amide bonds. The van der Waals surface area contributed by atoms with Crippen molar-refractivity contribution in [2.24, 2.45) is 0 Å². The second-order valence-corrected chi connectivity index (χ2v) is 8.37. The predicted octanol–water partition coefficient (Wildman–Crippen LogP) is 4.30. The Morgan fingerprint density at radius 3 is 2.88 bits per heavy atom. The molecule has 3 aromatic rings. The monoisotopic (exact) mass is 356 g/mol. The van der Waals surface area contributed by atoms with E-state index < -0.39 is 0 Å². The van der Waals surface area contributed by atoms with Gasteiger partial charge in [0, 0.05) is 17.0 Å². The molecule has 2 heterocycles. The third-order valence-corrected chi connectivity index (χ3v) is 6.67. The van der Waals surface area contributed by atoms with Crippen LogP contribution in [0.2, 0.25) is 0 Å². The summed E-state index contributed by atoms with van der Waals surface area (Å²) in [7, 11) is 0. The van der Waals surface area contributed by atoms with Gasteiger partial charge in [-0.2, -0.15) is 0 Å². The van der Waals surface area contributed by atoms with Gasteiger partial charge in [-0.25, -0.2) is 4.98 Å². The molecule has 1 aromatic carbocycles. The molecule has 0 atom stereocenters. The van der Waals surface area contributed by atoms with Gasteiger partial charge in [-0.1, -0.05) is 49.0 Å². The number of hydrogen-bond acceptors (Lipinski definition) is 4. The summed E-state index contributed by atoms with van der Waals surface area (Å²) < 4.78 is 2.27. The predicted molar refractivity (Wildman–Crippen MR) is 102 cm³/mol. The maximum absolute atomic E-state index is 12.8. The van der Waals surface area contributed by atoms with E-state index >= 15 is 0 Å². The van der Waals surface area contributed by atoms with Gasteiger partial charge in [0.05, 0.1) is 0 Å². The molecule has 24 heavy (non-hydrogen) atoms. The molecule has 0 radical (unpaired) electrons. The summed E-state index contributed by atoms with van der Waals surface area (Å²) in [4.78, 5) is 19.8. The van der Waals surface area contributed by atoms with Crippen LogP contribution in [-0.2, 0) is 25.8 Å². The van der Waals surface area contributed by atoms with Crippen LogP contribution in [0.1, 0.15) is 29.3 Å². The molecule has 0 spiro atoms. The molecule has 3 nitrogen and oxygen atoms in total. The smallest absolute Gasteiger partial charge is 0.211 e. The zero-order chi connectivity index (χ0) is 16.5. The molecule has 1 aliphatic carbocycles. The lowest BCUT2D eigenvalue weighted by Gasteiger charge is -2.08. The highest BCUT2D eigenvalue weighted by atomic mass is 32.2. The van der Waals surface area contributed by atoms with Crippen molar-refractivity contribution in [3.05, 3.63) is 56.6 Å². The van der Waals surface area contributed by atoms with Gasteiger partial charge in [-0.3, -0.25) is 4.79 Å². The number of imidazole rings is 1. The Labute approximate surface area is 149 Å². The van der Waals surface area contributed by atoms with E-state index in [1.54, 1.807) is 23.1 Å². The summed E-state index contributed by atoms with van der Waals surface area (Å²) in [6.07, 6.45) is 4.04. The molecule has 0 saturated heterocycles. The third kappa shape index (κ3) is 2.80. The van der Waals surface area contributed by atoms with Crippen molar-refractivity contribution in [1.29, 1.82) is 0 Å². The van der Waals surface area contributed by atoms with E-state index in [0.717, 1.165) is 53.5 Å². The number of aryl methyl sites for hydroxylation is 3. The summed E-state index contributed by atoms with van der Waals surface area (Å²) in [5.74, 6) is 0.966. The van der Waals surface area contributed by atoms with Gasteiger partial charge >= 0.3 is 0 Å². The molecular formula is C19H20N2OS2. The Morgan fingerprint density at radius 2 is 2.08 bits per heavy atom. The second kappa shape index (κ2) is 6.73. The van der Waals surface area contributed by atoms with E-state index in [4.69, 9.17) is 4.98 Å². The fourth-order valence-corrected chi connectivity index (χ4v) is 5.45. The fraction of sp³-hybridized carbons (Fsp3) is 0.368. The largest absolute Gasteiger partial charge is 0.310 e. The first-order chi connectivity index (χ1) is 11.8. The Bertz CT molecular complexity index is 928. The second-order valence-electron chi connectivity index (χ2n) is 6.05. The van der Waals surface area contributed by atoms with Crippen molar-refractivity contribution < 1.29 is 0 Å². The molecule has 1 aliphatic rings. The zero-order valence-corrected chi connectivity index (χ0v) is 15.4. The summed E-state index contributed by atoms with van der Waals surface area (Å²) in [5, 5.41) is 0.987. The summed E-state index contributed by atoms with van der Waals surface area (Å²) in [6.45, 7) is 3.00. The van der Waals surface area contributed by atoms with Crippen LogP contribution >= 0.6 is 23.1 Å². The maximum Gasteiger partial charge on any atom is 0.211 e. The average molecular weight is 357 g/mol. The molecule has 0 saturated carbocycles. The van der Waals surface area contributed by atoms with E-state index in [1.165, 1.54) is 10.4 Å². The van der Waals surface area contributed by atoms with Gasteiger partial charge in [0.1, 0.15) is 10.3 Å². The Kier molecular flexibility index (Phi) is 4.46. The number of hydrogen-bond donors (Lipinski definition) is 0. The summed E-state index contributed by atoms with van der Waals surface area (Å²) >= 11 is 3.51. The lowest BCUT2D eigenvalue weighted by atomic mass is 10.1. The van der Waals surface area contributed by atoms with Gasteiger partial charge < -0.3 is 4.57 Å². The number of fused-ring (bicyclic) bond motifs is 2.